The van der Waals surface area contributed by atoms with Crippen LogP contribution in [0.15, 0.2) is 60.8 Å². The zero-order chi connectivity index (χ0) is 25.1. The van der Waals surface area contributed by atoms with Crippen molar-refractivity contribution in [3.63, 3.8) is 0 Å². The summed E-state index contributed by atoms with van der Waals surface area (Å²) in [5.74, 6) is 0.502. The average Bonchev–Trinajstić information content (AvgIpc) is 3.62. The molecule has 0 atom stereocenters. The molecule has 0 unspecified atom stereocenters. The van der Waals surface area contributed by atoms with E-state index in [1.165, 1.54) is 4.90 Å². The highest BCUT2D eigenvalue weighted by Crippen LogP contribution is 2.29. The number of hydrogen-bond acceptors (Lipinski definition) is 6. The minimum atomic E-state index is -0.525. The quantitative estimate of drug-likeness (QED) is 0.265. The number of Topliss-reactive ketones (excluding diaryl/α,β-unsaturated/α-hetero) is 1. The highest BCUT2D eigenvalue weighted by molar-refractivity contribution is 6.52. The number of aryl methyl sites for hydroxylation is 1. The first kappa shape index (κ1) is 23.7. The lowest BCUT2D eigenvalue weighted by atomic mass is 10.1. The Balaban J connectivity index is 1.12. The Hall–Kier alpha value is -4.07. The maximum Gasteiger partial charge on any atom is 0.299 e. The van der Waals surface area contributed by atoms with Crippen molar-refractivity contribution in [2.45, 2.75) is 20.1 Å². The van der Waals surface area contributed by atoms with Gasteiger partial charge >= 0.3 is 0 Å². The number of hydrogen-bond donors (Lipinski definition) is 0. The summed E-state index contributed by atoms with van der Waals surface area (Å²) in [4.78, 5) is 38.5. The summed E-state index contributed by atoms with van der Waals surface area (Å²) < 4.78 is 7.39. The summed E-state index contributed by atoms with van der Waals surface area (Å²) in [6.07, 6.45) is 12.8. The standard InChI is InChI=1S/C28H23N4O4/c1-19-6-12-25-24(16-19)27(34)28(35)32(25)15-14-31-17-22(29-30-31)18-36-23-10-8-21(9-11-23)26(33)13-7-20-4-2-3-5-20/h2-13,16-17H,14-15,18H2,1H3/b13-7+. The Morgan fingerprint density at radius 3 is 2.58 bits per heavy atom. The maximum atomic E-state index is 12.4. The summed E-state index contributed by atoms with van der Waals surface area (Å²) in [6, 6.07) is 12.3. The molecule has 1 saturated carbocycles. The number of anilines is 1. The molecule has 1 aliphatic heterocycles. The molecule has 1 aliphatic carbocycles. The molecular weight excluding hydrogens is 456 g/mol. The second-order valence-electron chi connectivity index (χ2n) is 8.51. The van der Waals surface area contributed by atoms with Gasteiger partial charge in [-0.05, 0) is 75.1 Å². The molecule has 179 valence electrons. The number of ether oxygens (including phenoxy) is 1. The first-order valence-electron chi connectivity index (χ1n) is 11.5. The number of allylic oxidation sites excluding steroid dienone is 2. The van der Waals surface area contributed by atoms with Crippen molar-refractivity contribution in [1.82, 2.24) is 15.0 Å². The van der Waals surface area contributed by atoms with Gasteiger partial charge in [-0.25, -0.2) is 0 Å². The monoisotopic (exact) mass is 479 g/mol. The smallest absolute Gasteiger partial charge is 0.299 e. The Morgan fingerprint density at radius 2 is 1.81 bits per heavy atom. The van der Waals surface area contributed by atoms with Crippen LogP contribution in [0.3, 0.4) is 0 Å². The van der Waals surface area contributed by atoms with Gasteiger partial charge < -0.3 is 9.64 Å². The van der Waals surface area contributed by atoms with Crippen LogP contribution >= 0.6 is 0 Å². The van der Waals surface area contributed by atoms with Crippen molar-refractivity contribution in [3.05, 3.63) is 115 Å². The molecule has 2 heterocycles. The molecule has 2 aromatic carbocycles. The Kier molecular flexibility index (Phi) is 6.75. The summed E-state index contributed by atoms with van der Waals surface area (Å²) in [6.45, 7) is 2.78. The van der Waals surface area contributed by atoms with Crippen LogP contribution < -0.4 is 9.64 Å². The van der Waals surface area contributed by atoms with Gasteiger partial charge in [0.2, 0.25) is 0 Å². The van der Waals surface area contributed by atoms with Crippen molar-refractivity contribution in [3.8, 4) is 5.75 Å². The number of nitrogens with zero attached hydrogens (tertiary/aromatic N) is 4. The fourth-order valence-electron chi connectivity index (χ4n) is 3.99. The van der Waals surface area contributed by atoms with Gasteiger partial charge in [0.1, 0.15) is 18.1 Å². The highest BCUT2D eigenvalue weighted by Gasteiger charge is 2.35. The molecule has 3 aromatic rings. The van der Waals surface area contributed by atoms with Gasteiger partial charge in [-0.3, -0.25) is 19.1 Å². The summed E-state index contributed by atoms with van der Waals surface area (Å²) in [7, 11) is 0. The highest BCUT2D eigenvalue weighted by atomic mass is 16.5. The molecule has 0 spiro atoms. The van der Waals surface area contributed by atoms with Crippen LogP contribution in [-0.2, 0) is 17.9 Å². The fraction of sp³-hybridized carbons (Fsp3) is 0.143. The van der Waals surface area contributed by atoms with Gasteiger partial charge in [-0.15, -0.1) is 5.10 Å². The lowest BCUT2D eigenvalue weighted by molar-refractivity contribution is -0.114. The van der Waals surface area contributed by atoms with Crippen LogP contribution in [0.2, 0.25) is 0 Å². The zero-order valence-corrected chi connectivity index (χ0v) is 19.6. The van der Waals surface area contributed by atoms with Crippen LogP contribution in [0.5, 0.6) is 5.75 Å². The van der Waals surface area contributed by atoms with Crippen LogP contribution in [0.25, 0.3) is 0 Å². The van der Waals surface area contributed by atoms with Gasteiger partial charge in [-0.1, -0.05) is 22.9 Å². The number of benzene rings is 2. The summed E-state index contributed by atoms with van der Waals surface area (Å²) in [5.41, 5.74) is 3.20. The number of carbonyl (C=O) groups excluding carboxylic acids is 3. The van der Waals surface area contributed by atoms with E-state index in [2.05, 4.69) is 10.3 Å². The lowest BCUT2D eigenvalue weighted by Crippen LogP contribution is -2.32. The van der Waals surface area contributed by atoms with E-state index in [1.807, 2.05) is 38.7 Å². The minimum Gasteiger partial charge on any atom is -0.487 e. The Bertz CT molecular complexity index is 1320. The largest absolute Gasteiger partial charge is 0.487 e. The van der Waals surface area contributed by atoms with Crippen molar-refractivity contribution in [2.75, 3.05) is 11.4 Å². The average molecular weight is 480 g/mol. The molecule has 36 heavy (non-hydrogen) atoms. The first-order chi connectivity index (χ1) is 17.5. The number of fused-ring (bicyclic) bond motifs is 1. The van der Waals surface area contributed by atoms with Gasteiger partial charge in [0, 0.05) is 18.0 Å². The molecule has 0 saturated heterocycles. The predicted molar refractivity (Wildman–Crippen MR) is 133 cm³/mol. The van der Waals surface area contributed by atoms with Crippen molar-refractivity contribution in [2.24, 2.45) is 0 Å². The molecule has 2 aliphatic rings. The van der Waals surface area contributed by atoms with E-state index in [0.29, 0.717) is 41.3 Å². The third kappa shape index (κ3) is 5.12. The van der Waals surface area contributed by atoms with Gasteiger partial charge in [0.05, 0.1) is 24.0 Å². The Morgan fingerprint density at radius 1 is 1.03 bits per heavy atom. The van der Waals surface area contributed by atoms with E-state index in [1.54, 1.807) is 59.4 Å². The molecule has 1 amide bonds. The molecular formula is C28H23N4O4. The second kappa shape index (κ2) is 10.3. The lowest BCUT2D eigenvalue weighted by Gasteiger charge is -2.16. The molecule has 1 fully saturated rings. The van der Waals surface area contributed by atoms with Gasteiger partial charge in [0.25, 0.3) is 11.7 Å². The Labute approximate surface area is 209 Å². The molecule has 5 radical (unpaired) electrons. The van der Waals surface area contributed by atoms with E-state index in [-0.39, 0.29) is 12.4 Å². The van der Waals surface area contributed by atoms with Crippen LogP contribution in [0.1, 0.15) is 32.0 Å². The molecule has 1 aromatic heterocycles. The number of aromatic nitrogens is 3. The van der Waals surface area contributed by atoms with E-state index < -0.39 is 11.7 Å². The van der Waals surface area contributed by atoms with Crippen LogP contribution in [0, 0.1) is 38.5 Å². The number of carbonyl (C=O) groups is 3. The van der Waals surface area contributed by atoms with E-state index in [9.17, 15) is 14.4 Å². The van der Waals surface area contributed by atoms with Gasteiger partial charge in [-0.2, -0.15) is 0 Å². The minimum absolute atomic E-state index is 0.0818. The van der Waals surface area contributed by atoms with Crippen molar-refractivity contribution in [1.29, 1.82) is 0 Å². The number of ketones is 2. The fourth-order valence-corrected chi connectivity index (χ4v) is 3.99. The van der Waals surface area contributed by atoms with E-state index >= 15 is 0 Å². The molecule has 0 bridgehead atoms. The predicted octanol–water partition coefficient (Wildman–Crippen LogP) is 3.54. The van der Waals surface area contributed by atoms with Crippen LogP contribution in [0.4, 0.5) is 5.69 Å². The molecule has 8 heteroatoms. The van der Waals surface area contributed by atoms with E-state index in [4.69, 9.17) is 4.74 Å². The maximum absolute atomic E-state index is 12.4. The second-order valence-corrected chi connectivity index (χ2v) is 8.51. The van der Waals surface area contributed by atoms with Gasteiger partial charge in [0.15, 0.2) is 5.78 Å². The topological polar surface area (TPSA) is 94.4 Å². The number of rotatable bonds is 9. The summed E-state index contributed by atoms with van der Waals surface area (Å²) in [5, 5.41) is 8.21. The first-order valence-corrected chi connectivity index (χ1v) is 11.5. The molecule has 0 N–H and O–H groups in total. The SMILES string of the molecule is Cc1ccc2c(c1)C(=O)C(=O)N2CCn1cc(COc2ccc(C(=O)/C=C/[C]3[CH][CH][CH][CH]3)cc2)nn1. The zero-order valence-electron chi connectivity index (χ0n) is 19.6. The van der Waals surface area contributed by atoms with Crippen LogP contribution in [-0.4, -0.2) is 39.0 Å². The molecule has 8 nitrogen and oxygen atoms in total. The normalized spacial score (nSPS) is 15.8. The number of amides is 1. The third-order valence-corrected chi connectivity index (χ3v) is 5.91. The van der Waals surface area contributed by atoms with E-state index in [0.717, 1.165) is 11.5 Å². The van der Waals surface area contributed by atoms with Crippen molar-refractivity contribution < 1.29 is 19.1 Å². The van der Waals surface area contributed by atoms with Crippen molar-refractivity contribution >= 4 is 23.2 Å². The molecule has 5 rings (SSSR count). The summed E-state index contributed by atoms with van der Waals surface area (Å²) >= 11 is 0. The third-order valence-electron chi connectivity index (χ3n) is 5.91.